The maximum Gasteiger partial charge on any atom is 0.182 e. The Bertz CT molecular complexity index is 8710. The van der Waals surface area contributed by atoms with Gasteiger partial charge in [0.25, 0.3) is 0 Å². The fraction of sp³-hybridized carbons (Fsp3) is 0.100. The molecule has 16 nitrogen and oxygen atoms in total. The number of rotatable bonds is 9. The topological polar surface area (TPSA) is 207 Å². The molecule has 0 saturated carbocycles. The number of aromatic nitrogens is 12. The number of nitrogens with zero attached hydrogens (tertiary/aromatic N) is 12. The summed E-state index contributed by atoms with van der Waals surface area (Å²) in [4.78, 5) is 57.7. The van der Waals surface area contributed by atoms with Crippen LogP contribution >= 0.6 is 0 Å². The fourth-order valence-corrected chi connectivity index (χ4v) is 21.4. The van der Waals surface area contributed by atoms with Crippen LogP contribution in [0.15, 0.2) is 370 Å². The average molecular weight is 1760 g/mol. The number of para-hydroxylation sites is 2. The van der Waals surface area contributed by atoms with Gasteiger partial charge in [-0.3, -0.25) is 15.0 Å². The van der Waals surface area contributed by atoms with Gasteiger partial charge in [0, 0.05) is 111 Å². The van der Waals surface area contributed by atoms with Crippen molar-refractivity contribution in [1.82, 2.24) is 59.8 Å². The summed E-state index contributed by atoms with van der Waals surface area (Å²) in [5, 5.41) is 8.65. The summed E-state index contributed by atoms with van der Waals surface area (Å²) in [5.74, 6) is 4.97. The van der Waals surface area contributed by atoms with E-state index in [1.165, 1.54) is 89.0 Å². The lowest BCUT2D eigenvalue weighted by molar-refractivity contribution is 0.657. The third-order valence-electron chi connectivity index (χ3n) is 28.4. The molecule has 0 spiro atoms. The number of hydrogen-bond acceptors (Lipinski definition) is 16. The first-order valence-corrected chi connectivity index (χ1v) is 45.9. The molecular formula is C120H82N12O4. The summed E-state index contributed by atoms with van der Waals surface area (Å²) < 4.78 is 26.1. The van der Waals surface area contributed by atoms with Crippen LogP contribution in [0.5, 0.6) is 0 Å². The minimum Gasteiger partial charge on any atom is -0.456 e. The van der Waals surface area contributed by atoms with E-state index in [0.717, 1.165) is 121 Å². The van der Waals surface area contributed by atoms with Gasteiger partial charge in [-0.05, 0) is 216 Å². The zero-order valence-corrected chi connectivity index (χ0v) is 75.5. The second-order valence-electron chi connectivity index (χ2n) is 37.8. The van der Waals surface area contributed by atoms with Gasteiger partial charge >= 0.3 is 0 Å². The molecule has 14 aromatic carbocycles. The Balaban J connectivity index is 0.000000108. The first-order valence-electron chi connectivity index (χ1n) is 45.9. The number of fused-ring (bicyclic) bond motifs is 24. The number of furan rings is 4. The lowest BCUT2D eigenvalue weighted by Crippen LogP contribution is -2.15. The minimum atomic E-state index is -0.162. The minimum absolute atomic E-state index is 0.0652. The highest BCUT2D eigenvalue weighted by molar-refractivity contribution is 6.13. The zero-order chi connectivity index (χ0) is 91.2. The van der Waals surface area contributed by atoms with E-state index in [1.807, 2.05) is 127 Å². The van der Waals surface area contributed by atoms with Crippen LogP contribution in [0.1, 0.15) is 99.9 Å². The molecule has 28 rings (SSSR count). The summed E-state index contributed by atoms with van der Waals surface area (Å²) >= 11 is 0. The van der Waals surface area contributed by atoms with Crippen LogP contribution in [0.3, 0.4) is 0 Å². The Morgan fingerprint density at radius 1 is 0.169 bits per heavy atom. The largest absolute Gasteiger partial charge is 0.456 e. The molecule has 0 atom stereocenters. The number of hydrogen-bond donors (Lipinski definition) is 0. The molecule has 0 N–H and O–H groups in total. The van der Waals surface area contributed by atoms with Gasteiger partial charge in [0.2, 0.25) is 0 Å². The monoisotopic (exact) mass is 1750 g/mol. The molecule has 0 aliphatic heterocycles. The summed E-state index contributed by atoms with van der Waals surface area (Å²) in [5.41, 5.74) is 34.2. The molecule has 0 saturated heterocycles. The predicted molar refractivity (Wildman–Crippen MR) is 541 cm³/mol. The van der Waals surface area contributed by atoms with E-state index in [4.69, 9.17) is 62.5 Å². The van der Waals surface area contributed by atoms with E-state index < -0.39 is 0 Å². The normalized spacial score (nSPS) is 14.0. The van der Waals surface area contributed by atoms with Gasteiger partial charge in [-0.2, -0.15) is 0 Å². The van der Waals surface area contributed by atoms with Crippen LogP contribution in [0.4, 0.5) is 0 Å². The fourth-order valence-electron chi connectivity index (χ4n) is 21.4. The van der Waals surface area contributed by atoms with Gasteiger partial charge in [0.1, 0.15) is 61.7 Å². The van der Waals surface area contributed by atoms with E-state index in [2.05, 4.69) is 277 Å². The SMILES string of the molecule is CC1(C)c2ccccc2-c2cc3oc4cc(-c5nc(-c6ccccc6)nc(-c6ccccn6)n5)ccc4c3cc21.CC1(C)c2ccccc2-c2cc3oc4cc(-c5nc(-c6ccccn6)nc(-c6ccccn6)n5)ccc4c3cc21.CC1(C)c2ccccc2-c2ccc(-c3nc(-c4ccc5c(c4)oc4cc6c(cc45)C(C)(C)c4ccccc4-6)nc(-c4cccc5c4oc4ccccc45)n3)cc21. The molecular weight excluding hydrogens is 1670 g/mol. The smallest absolute Gasteiger partial charge is 0.182 e. The molecule has 0 unspecified atom stereocenters. The van der Waals surface area contributed by atoms with E-state index in [0.29, 0.717) is 69.5 Å². The molecule has 16 heteroatoms. The van der Waals surface area contributed by atoms with Crippen LogP contribution in [0.2, 0.25) is 0 Å². The van der Waals surface area contributed by atoms with E-state index in [-0.39, 0.29) is 21.7 Å². The summed E-state index contributed by atoms with van der Waals surface area (Å²) in [7, 11) is 0. The first kappa shape index (κ1) is 79.7. The zero-order valence-electron chi connectivity index (χ0n) is 75.5. The van der Waals surface area contributed by atoms with Crippen molar-refractivity contribution in [3.63, 3.8) is 0 Å². The predicted octanol–water partition coefficient (Wildman–Crippen LogP) is 29.6. The van der Waals surface area contributed by atoms with Gasteiger partial charge in [-0.25, -0.2) is 44.9 Å². The van der Waals surface area contributed by atoms with Crippen molar-refractivity contribution in [1.29, 1.82) is 0 Å². The number of pyridine rings is 3. The Morgan fingerprint density at radius 3 is 0.875 bits per heavy atom. The van der Waals surface area contributed by atoms with E-state index in [9.17, 15) is 0 Å². The maximum absolute atomic E-state index is 6.66. The van der Waals surface area contributed by atoms with Gasteiger partial charge in [0.15, 0.2) is 52.4 Å². The average Bonchev–Trinajstić information content (AvgIpc) is 1.55. The van der Waals surface area contributed by atoms with Crippen molar-refractivity contribution in [2.75, 3.05) is 0 Å². The molecule has 10 heterocycles. The highest BCUT2D eigenvalue weighted by Gasteiger charge is 2.41. The quantitative estimate of drug-likeness (QED) is 0.132. The van der Waals surface area contributed by atoms with Crippen molar-refractivity contribution in [3.05, 3.63) is 397 Å². The maximum atomic E-state index is 6.66. The van der Waals surface area contributed by atoms with E-state index in [1.54, 1.807) is 18.6 Å². The highest BCUT2D eigenvalue weighted by Crippen LogP contribution is 2.56. The molecule has 24 aromatic rings. The first-order chi connectivity index (χ1) is 66.4. The summed E-state index contributed by atoms with van der Waals surface area (Å²) in [6.45, 7) is 18.4. The van der Waals surface area contributed by atoms with Crippen LogP contribution in [-0.4, -0.2) is 59.8 Å². The van der Waals surface area contributed by atoms with Gasteiger partial charge < -0.3 is 17.7 Å². The standard InChI is InChI=1S/C51H35N3O2.C35H24N4O.C34H23N5O/c1-50(2)39-17-8-5-12-30(39)32-22-20-28(24-41(32)50)47-52-48(54-49(53-47)36-16-11-15-35-33-14-7-10-19-43(33)56-46(35)36)29-21-23-34-38-26-42-37(27-45(38)55-44(34)25-29)31-13-6-9-18-40(31)51(42,3)4;1-35(2)27-13-7-6-12-23(27)25-20-31-26(19-28(25)35)24-16-15-22(18-30(24)40-31)33-37-32(21-10-4-3-5-11-21)38-34(39-33)29-14-8-9-17-36-29;1-34(2)25-10-4-3-9-21(25)23-19-30-24(18-26(23)34)22-14-13-20(17-29(22)40-30)31-37-32(27-11-5-7-15-35-27)39-33(38-31)28-12-6-8-16-36-28/h5-27H,1-4H3;3-20H,1-2H3;3-19H,1-2H3. The molecule has 0 fully saturated rings. The van der Waals surface area contributed by atoms with Gasteiger partial charge in [-0.15, -0.1) is 0 Å². The molecule has 4 aliphatic carbocycles. The van der Waals surface area contributed by atoms with Crippen LogP contribution < -0.4 is 0 Å². The lowest BCUT2D eigenvalue weighted by Gasteiger charge is -2.21. The number of benzene rings is 14. The molecule has 0 amide bonds. The second kappa shape index (κ2) is 30.1. The molecule has 4 aliphatic rings. The lowest BCUT2D eigenvalue weighted by atomic mass is 9.82. The van der Waals surface area contributed by atoms with E-state index >= 15 is 0 Å². The van der Waals surface area contributed by atoms with Crippen molar-refractivity contribution >= 4 is 87.8 Å². The molecule has 0 bridgehead atoms. The van der Waals surface area contributed by atoms with Crippen molar-refractivity contribution in [2.24, 2.45) is 0 Å². The highest BCUT2D eigenvalue weighted by atomic mass is 16.3. The molecule has 646 valence electrons. The van der Waals surface area contributed by atoms with Crippen molar-refractivity contribution < 1.29 is 17.7 Å². The molecule has 10 aromatic heterocycles. The Hall–Kier alpha value is -17.2. The van der Waals surface area contributed by atoms with Crippen molar-refractivity contribution in [3.8, 4) is 147 Å². The summed E-state index contributed by atoms with van der Waals surface area (Å²) in [6, 6.07) is 115. The Kier molecular flexibility index (Phi) is 17.7. The van der Waals surface area contributed by atoms with Crippen molar-refractivity contribution in [2.45, 2.75) is 77.0 Å². The third kappa shape index (κ3) is 12.6. The summed E-state index contributed by atoms with van der Waals surface area (Å²) in [6.07, 6.45) is 5.21. The Labute approximate surface area is 781 Å². The van der Waals surface area contributed by atoms with Crippen LogP contribution in [0, 0.1) is 0 Å². The Morgan fingerprint density at radius 2 is 0.463 bits per heavy atom. The van der Waals surface area contributed by atoms with Crippen LogP contribution in [0.25, 0.3) is 235 Å². The van der Waals surface area contributed by atoms with Gasteiger partial charge in [-0.1, -0.05) is 262 Å². The molecule has 136 heavy (non-hydrogen) atoms. The van der Waals surface area contributed by atoms with Gasteiger partial charge in [0.05, 0.1) is 5.56 Å². The third-order valence-corrected chi connectivity index (χ3v) is 28.4. The van der Waals surface area contributed by atoms with Crippen LogP contribution in [-0.2, 0) is 21.7 Å². The second-order valence-corrected chi connectivity index (χ2v) is 37.8. The molecule has 0 radical (unpaired) electrons.